The molecule has 26 heavy (non-hydrogen) atoms. The lowest BCUT2D eigenvalue weighted by atomic mass is 10.1. The second-order valence-corrected chi connectivity index (χ2v) is 7.62. The SMILES string of the molecule is CCOC(=O)CNC1=C(C(=O)N2CCOCC2)S(=O)(=O)c2ccccc21. The number of carbonyl (C=O) groups is 2. The number of hydrogen-bond donors (Lipinski definition) is 1. The third kappa shape index (κ3) is 3.32. The monoisotopic (exact) mass is 380 g/mol. The average Bonchev–Trinajstić information content (AvgIpc) is 2.87. The van der Waals surface area contributed by atoms with Gasteiger partial charge in [-0.2, -0.15) is 0 Å². The molecule has 8 nitrogen and oxygen atoms in total. The van der Waals surface area contributed by atoms with E-state index >= 15 is 0 Å². The first-order valence-electron chi connectivity index (χ1n) is 8.32. The zero-order valence-electron chi connectivity index (χ0n) is 14.4. The number of esters is 1. The van der Waals surface area contributed by atoms with Crippen LogP contribution in [0.5, 0.6) is 0 Å². The van der Waals surface area contributed by atoms with Gasteiger partial charge in [-0.25, -0.2) is 8.42 Å². The smallest absolute Gasteiger partial charge is 0.325 e. The van der Waals surface area contributed by atoms with E-state index < -0.39 is 21.7 Å². The van der Waals surface area contributed by atoms with Crippen molar-refractivity contribution in [2.45, 2.75) is 11.8 Å². The minimum absolute atomic E-state index is 0.0583. The molecule has 1 aromatic rings. The number of fused-ring (bicyclic) bond motifs is 1. The summed E-state index contributed by atoms with van der Waals surface area (Å²) in [5.41, 5.74) is 0.526. The van der Waals surface area contributed by atoms with E-state index in [1.54, 1.807) is 25.1 Å². The summed E-state index contributed by atoms with van der Waals surface area (Å²) >= 11 is 0. The van der Waals surface area contributed by atoms with Crippen LogP contribution in [0.1, 0.15) is 12.5 Å². The van der Waals surface area contributed by atoms with Crippen molar-refractivity contribution in [1.29, 1.82) is 0 Å². The Kier molecular flexibility index (Phi) is 5.28. The standard InChI is InChI=1S/C17H20N2O6S/c1-2-25-14(20)11-18-15-12-5-3-4-6-13(12)26(22,23)16(15)17(21)19-7-9-24-10-8-19/h3-6,18H,2,7-11H2,1H3. The summed E-state index contributed by atoms with van der Waals surface area (Å²) < 4.78 is 36.0. The number of sulfone groups is 1. The molecule has 0 unspecified atom stereocenters. The lowest BCUT2D eigenvalue weighted by molar-refractivity contribution is -0.141. The van der Waals surface area contributed by atoms with Gasteiger partial charge in [0.1, 0.15) is 6.54 Å². The third-order valence-electron chi connectivity index (χ3n) is 4.15. The topological polar surface area (TPSA) is 102 Å². The van der Waals surface area contributed by atoms with Gasteiger partial charge in [-0.1, -0.05) is 18.2 Å². The van der Waals surface area contributed by atoms with E-state index in [2.05, 4.69) is 5.32 Å². The average molecular weight is 380 g/mol. The van der Waals surface area contributed by atoms with Crippen LogP contribution in [-0.4, -0.2) is 64.6 Å². The van der Waals surface area contributed by atoms with E-state index in [-0.39, 0.29) is 28.6 Å². The number of hydrogen-bond acceptors (Lipinski definition) is 7. The highest BCUT2D eigenvalue weighted by molar-refractivity contribution is 7.97. The van der Waals surface area contributed by atoms with Crippen molar-refractivity contribution in [2.75, 3.05) is 39.5 Å². The van der Waals surface area contributed by atoms with Gasteiger partial charge < -0.3 is 19.7 Å². The molecule has 3 rings (SSSR count). The number of amides is 1. The first-order chi connectivity index (χ1) is 12.5. The molecular formula is C17H20N2O6S. The van der Waals surface area contributed by atoms with Gasteiger partial charge in [-0.05, 0) is 13.0 Å². The van der Waals surface area contributed by atoms with Crippen LogP contribution in [0.4, 0.5) is 0 Å². The predicted octanol–water partition coefficient (Wildman–Crippen LogP) is 0.154. The largest absolute Gasteiger partial charge is 0.465 e. The Morgan fingerprint density at radius 2 is 1.92 bits per heavy atom. The summed E-state index contributed by atoms with van der Waals surface area (Å²) in [6.07, 6.45) is 0. The van der Waals surface area contributed by atoms with Crippen molar-refractivity contribution in [1.82, 2.24) is 10.2 Å². The van der Waals surface area contributed by atoms with Crippen LogP contribution in [0, 0.1) is 0 Å². The fraction of sp³-hybridized carbons (Fsp3) is 0.412. The van der Waals surface area contributed by atoms with Gasteiger partial charge in [0.15, 0.2) is 4.91 Å². The number of morpholine rings is 1. The van der Waals surface area contributed by atoms with Gasteiger partial charge in [0, 0.05) is 18.7 Å². The molecule has 2 aliphatic heterocycles. The number of nitrogens with one attached hydrogen (secondary N) is 1. The van der Waals surface area contributed by atoms with Gasteiger partial charge in [0.25, 0.3) is 5.91 Å². The summed E-state index contributed by atoms with van der Waals surface area (Å²) in [5.74, 6) is -1.11. The minimum Gasteiger partial charge on any atom is -0.465 e. The highest BCUT2D eigenvalue weighted by Gasteiger charge is 2.41. The maximum Gasteiger partial charge on any atom is 0.325 e. The van der Waals surface area contributed by atoms with Crippen LogP contribution in [-0.2, 0) is 28.9 Å². The van der Waals surface area contributed by atoms with Crippen molar-refractivity contribution in [2.24, 2.45) is 0 Å². The molecule has 2 aliphatic rings. The molecule has 140 valence electrons. The Labute approximate surface area is 151 Å². The van der Waals surface area contributed by atoms with Gasteiger partial charge in [-0.3, -0.25) is 9.59 Å². The van der Waals surface area contributed by atoms with Gasteiger partial charge in [0.05, 0.1) is 30.4 Å². The third-order valence-corrected chi connectivity index (χ3v) is 6.00. The normalized spacial score (nSPS) is 18.4. The second kappa shape index (κ2) is 7.46. The van der Waals surface area contributed by atoms with Gasteiger partial charge in [0.2, 0.25) is 9.84 Å². The molecule has 0 atom stereocenters. The Morgan fingerprint density at radius 1 is 1.23 bits per heavy atom. The summed E-state index contributed by atoms with van der Waals surface area (Å²) in [5, 5.41) is 2.80. The molecule has 0 aromatic heterocycles. The number of rotatable bonds is 5. The predicted molar refractivity (Wildman–Crippen MR) is 92.6 cm³/mol. The fourth-order valence-corrected chi connectivity index (χ4v) is 4.70. The van der Waals surface area contributed by atoms with Crippen LogP contribution in [0.3, 0.4) is 0 Å². The number of benzene rings is 1. The van der Waals surface area contributed by atoms with Crippen LogP contribution in [0.25, 0.3) is 5.70 Å². The Balaban J connectivity index is 2.00. The van der Waals surface area contributed by atoms with Gasteiger partial charge in [-0.15, -0.1) is 0 Å². The molecule has 0 radical (unpaired) electrons. The zero-order valence-corrected chi connectivity index (χ0v) is 15.2. The number of carbonyl (C=O) groups excluding carboxylic acids is 2. The van der Waals surface area contributed by atoms with Crippen LogP contribution >= 0.6 is 0 Å². The molecule has 1 aromatic carbocycles. The van der Waals surface area contributed by atoms with Crippen molar-refractivity contribution in [3.05, 3.63) is 34.7 Å². The van der Waals surface area contributed by atoms with Crippen molar-refractivity contribution in [3.63, 3.8) is 0 Å². The summed E-state index contributed by atoms with van der Waals surface area (Å²) in [4.78, 5) is 25.8. The van der Waals surface area contributed by atoms with Crippen molar-refractivity contribution in [3.8, 4) is 0 Å². The highest BCUT2D eigenvalue weighted by Crippen LogP contribution is 2.38. The first kappa shape index (κ1) is 18.4. The summed E-state index contributed by atoms with van der Waals surface area (Å²) in [7, 11) is -3.97. The van der Waals surface area contributed by atoms with E-state index in [4.69, 9.17) is 9.47 Å². The molecule has 0 aliphatic carbocycles. The van der Waals surface area contributed by atoms with E-state index in [0.717, 1.165) is 0 Å². The Hall–Kier alpha value is -2.39. The van der Waals surface area contributed by atoms with Crippen molar-refractivity contribution >= 4 is 27.4 Å². The highest BCUT2D eigenvalue weighted by atomic mass is 32.2. The molecule has 1 N–H and O–H groups in total. The molecule has 1 saturated heterocycles. The molecule has 1 amide bonds. The van der Waals surface area contributed by atoms with Crippen LogP contribution in [0.2, 0.25) is 0 Å². The van der Waals surface area contributed by atoms with E-state index in [1.165, 1.54) is 11.0 Å². The molecular weight excluding hydrogens is 360 g/mol. The quantitative estimate of drug-likeness (QED) is 0.726. The number of ether oxygens (including phenoxy) is 2. The van der Waals surface area contributed by atoms with E-state index in [9.17, 15) is 18.0 Å². The molecule has 0 saturated carbocycles. The maximum absolute atomic E-state index is 13.0. The van der Waals surface area contributed by atoms with Crippen LogP contribution < -0.4 is 5.32 Å². The zero-order chi connectivity index (χ0) is 18.7. The minimum atomic E-state index is -3.97. The molecule has 2 heterocycles. The van der Waals surface area contributed by atoms with Crippen LogP contribution in [0.15, 0.2) is 34.1 Å². The molecule has 0 bridgehead atoms. The summed E-state index contributed by atoms with van der Waals surface area (Å²) in [6, 6.07) is 6.35. The van der Waals surface area contributed by atoms with E-state index in [0.29, 0.717) is 31.9 Å². The molecule has 0 spiro atoms. The lowest BCUT2D eigenvalue weighted by Crippen LogP contribution is -2.42. The Morgan fingerprint density at radius 3 is 2.62 bits per heavy atom. The fourth-order valence-electron chi connectivity index (χ4n) is 2.95. The second-order valence-electron chi connectivity index (χ2n) is 5.77. The molecule has 9 heteroatoms. The van der Waals surface area contributed by atoms with Gasteiger partial charge >= 0.3 is 5.97 Å². The Bertz CT molecular complexity index is 856. The maximum atomic E-state index is 13.0. The van der Waals surface area contributed by atoms with E-state index in [1.807, 2.05) is 0 Å². The first-order valence-corrected chi connectivity index (χ1v) is 9.80. The molecule has 1 fully saturated rings. The lowest BCUT2D eigenvalue weighted by Gasteiger charge is -2.27. The number of nitrogens with zero attached hydrogens (tertiary/aromatic N) is 1. The van der Waals surface area contributed by atoms with Crippen molar-refractivity contribution < 1.29 is 27.5 Å². The summed E-state index contributed by atoms with van der Waals surface area (Å²) in [6.45, 7) is 3.02.